The van der Waals surface area contributed by atoms with E-state index >= 15 is 0 Å². The van der Waals surface area contributed by atoms with Crippen molar-refractivity contribution in [3.05, 3.63) is 73.3 Å². The van der Waals surface area contributed by atoms with Crippen LogP contribution in [0.2, 0.25) is 0 Å². The number of benzene rings is 2. The first-order chi connectivity index (χ1) is 12.1. The molecule has 6 heteroatoms. The van der Waals surface area contributed by atoms with E-state index < -0.39 is 10.9 Å². The second-order valence-corrected chi connectivity index (χ2v) is 6.35. The van der Waals surface area contributed by atoms with Gasteiger partial charge < -0.3 is 4.74 Å². The number of nitrogens with zero attached hydrogens (tertiary/aromatic N) is 1. The first-order valence-electron chi connectivity index (χ1n) is 8.16. The van der Waals surface area contributed by atoms with E-state index in [4.69, 9.17) is 4.74 Å². The molecule has 0 atom stereocenters. The third-order valence-corrected chi connectivity index (χ3v) is 4.48. The zero-order valence-corrected chi connectivity index (χ0v) is 15.5. The zero-order chi connectivity index (χ0) is 19.6. The zero-order valence-electron chi connectivity index (χ0n) is 15.5. The lowest BCUT2D eigenvalue weighted by Gasteiger charge is -2.16. The number of carbonyl (C=O) groups is 2. The lowest BCUT2D eigenvalue weighted by molar-refractivity contribution is -0.385. The van der Waals surface area contributed by atoms with Crippen molar-refractivity contribution in [2.45, 2.75) is 41.2 Å². The van der Waals surface area contributed by atoms with Crippen molar-refractivity contribution in [1.82, 2.24) is 0 Å². The predicted molar refractivity (Wildman–Crippen MR) is 97.6 cm³/mol. The summed E-state index contributed by atoms with van der Waals surface area (Å²) in [7, 11) is 0. The molecule has 0 bridgehead atoms. The molecule has 0 N–H and O–H groups in total. The number of Topliss-reactive ketones (excluding diaryl/α,β-unsaturated/α-hetero) is 1. The normalized spacial score (nSPS) is 10.5. The van der Waals surface area contributed by atoms with Gasteiger partial charge in [-0.05, 0) is 62.4 Å². The maximum atomic E-state index is 12.5. The number of nitro benzene ring substituents is 1. The Balaban J connectivity index is 2.36. The number of ether oxygens (including phenoxy) is 1. The van der Waals surface area contributed by atoms with Crippen LogP contribution in [0.3, 0.4) is 0 Å². The highest BCUT2D eigenvalue weighted by atomic mass is 16.6. The van der Waals surface area contributed by atoms with Gasteiger partial charge in [0.1, 0.15) is 12.2 Å². The average Bonchev–Trinajstić information content (AvgIpc) is 2.53. The average molecular weight is 355 g/mol. The highest BCUT2D eigenvalue weighted by molar-refractivity contribution is 5.97. The van der Waals surface area contributed by atoms with Crippen molar-refractivity contribution < 1.29 is 19.2 Å². The maximum absolute atomic E-state index is 12.5. The standard InChI is InChI=1S/C20H21NO5/c1-11-7-6-8-17(21(24)25)19(11)20(23)26-10-16-12(2)9-13(3)18(14(16)4)15(5)22/h6-9H,10H2,1-5H3. The summed E-state index contributed by atoms with van der Waals surface area (Å²) in [5.41, 5.74) is 4.04. The van der Waals surface area contributed by atoms with E-state index in [1.807, 2.05) is 26.8 Å². The molecule has 0 fully saturated rings. The van der Waals surface area contributed by atoms with Gasteiger partial charge in [0.2, 0.25) is 0 Å². The molecule has 136 valence electrons. The minimum absolute atomic E-state index is 0.0493. The maximum Gasteiger partial charge on any atom is 0.345 e. The predicted octanol–water partition coefficient (Wildman–Crippen LogP) is 4.39. The second kappa shape index (κ2) is 7.47. The first kappa shape index (κ1) is 19.3. The van der Waals surface area contributed by atoms with Crippen LogP contribution < -0.4 is 0 Å². The largest absolute Gasteiger partial charge is 0.457 e. The van der Waals surface area contributed by atoms with E-state index in [1.54, 1.807) is 13.0 Å². The summed E-state index contributed by atoms with van der Waals surface area (Å²) < 4.78 is 5.37. The van der Waals surface area contributed by atoms with Crippen LogP contribution in [0.4, 0.5) is 5.69 Å². The van der Waals surface area contributed by atoms with Crippen LogP contribution in [0, 0.1) is 37.8 Å². The van der Waals surface area contributed by atoms with E-state index in [0.29, 0.717) is 11.1 Å². The summed E-state index contributed by atoms with van der Waals surface area (Å²) in [6, 6.07) is 6.31. The summed E-state index contributed by atoms with van der Waals surface area (Å²) in [4.78, 5) is 35.0. The number of hydrogen-bond acceptors (Lipinski definition) is 5. The highest BCUT2D eigenvalue weighted by Gasteiger charge is 2.24. The molecule has 0 spiro atoms. The van der Waals surface area contributed by atoms with E-state index in [9.17, 15) is 19.7 Å². The third-order valence-electron chi connectivity index (χ3n) is 4.48. The van der Waals surface area contributed by atoms with E-state index in [2.05, 4.69) is 0 Å². The van der Waals surface area contributed by atoms with Crippen molar-refractivity contribution in [3.63, 3.8) is 0 Å². The molecule has 0 aromatic heterocycles. The minimum atomic E-state index is -0.751. The molecule has 0 aliphatic heterocycles. The SMILES string of the molecule is CC(=O)c1c(C)cc(C)c(COC(=O)c2c(C)cccc2[N+](=O)[O-])c1C. The molecule has 0 radical (unpaired) electrons. The Kier molecular flexibility index (Phi) is 5.55. The van der Waals surface area contributed by atoms with Crippen LogP contribution in [0.5, 0.6) is 0 Å². The molecule has 0 heterocycles. The van der Waals surface area contributed by atoms with Gasteiger partial charge in [0, 0.05) is 11.6 Å². The Labute approximate surface area is 151 Å². The third kappa shape index (κ3) is 3.64. The Bertz CT molecular complexity index is 915. The molecule has 2 rings (SSSR count). The molecule has 26 heavy (non-hydrogen) atoms. The number of ketones is 1. The molecule has 6 nitrogen and oxygen atoms in total. The lowest BCUT2D eigenvalue weighted by Crippen LogP contribution is -2.12. The molecular formula is C20H21NO5. The fourth-order valence-electron chi connectivity index (χ4n) is 3.27. The quantitative estimate of drug-likeness (QED) is 0.344. The second-order valence-electron chi connectivity index (χ2n) is 6.35. The van der Waals surface area contributed by atoms with Crippen molar-refractivity contribution in [2.75, 3.05) is 0 Å². The van der Waals surface area contributed by atoms with Crippen LogP contribution >= 0.6 is 0 Å². The summed E-state index contributed by atoms with van der Waals surface area (Å²) >= 11 is 0. The first-order valence-corrected chi connectivity index (χ1v) is 8.16. The fourth-order valence-corrected chi connectivity index (χ4v) is 3.27. The van der Waals surface area contributed by atoms with Gasteiger partial charge in [-0.15, -0.1) is 0 Å². The fraction of sp³-hybridized carbons (Fsp3) is 0.300. The minimum Gasteiger partial charge on any atom is -0.457 e. The van der Waals surface area contributed by atoms with Gasteiger partial charge in [-0.3, -0.25) is 14.9 Å². The number of carbonyl (C=O) groups excluding carboxylic acids is 2. The summed E-state index contributed by atoms with van der Waals surface area (Å²) in [6.45, 7) is 8.63. The Morgan fingerprint density at radius 2 is 1.69 bits per heavy atom. The van der Waals surface area contributed by atoms with Gasteiger partial charge in [0.05, 0.1) is 4.92 Å². The van der Waals surface area contributed by atoms with Crippen LogP contribution in [0.1, 0.15) is 55.5 Å². The topological polar surface area (TPSA) is 86.5 Å². The Morgan fingerprint density at radius 3 is 2.27 bits per heavy atom. The number of esters is 1. The van der Waals surface area contributed by atoms with Crippen LogP contribution in [-0.2, 0) is 11.3 Å². The summed E-state index contributed by atoms with van der Waals surface area (Å²) in [5, 5.41) is 11.2. The Hall–Kier alpha value is -3.02. The number of nitro groups is 1. The van der Waals surface area contributed by atoms with Gasteiger partial charge in [-0.2, -0.15) is 0 Å². The van der Waals surface area contributed by atoms with Gasteiger partial charge in [0.15, 0.2) is 5.78 Å². The molecule has 0 saturated carbocycles. The van der Waals surface area contributed by atoms with Crippen molar-refractivity contribution in [2.24, 2.45) is 0 Å². The van der Waals surface area contributed by atoms with E-state index in [0.717, 1.165) is 22.3 Å². The summed E-state index contributed by atoms with van der Waals surface area (Å²) in [6.07, 6.45) is 0. The lowest BCUT2D eigenvalue weighted by atomic mass is 9.92. The molecule has 0 aliphatic carbocycles. The molecule has 0 unspecified atom stereocenters. The molecule has 2 aromatic carbocycles. The molecule has 2 aromatic rings. The van der Waals surface area contributed by atoms with E-state index in [-0.39, 0.29) is 23.6 Å². The van der Waals surface area contributed by atoms with Gasteiger partial charge in [0.25, 0.3) is 5.69 Å². The molecule has 0 amide bonds. The van der Waals surface area contributed by atoms with Crippen molar-refractivity contribution in [3.8, 4) is 0 Å². The molecular weight excluding hydrogens is 334 g/mol. The van der Waals surface area contributed by atoms with Gasteiger partial charge in [-0.1, -0.05) is 18.2 Å². The number of hydrogen-bond donors (Lipinski definition) is 0. The summed E-state index contributed by atoms with van der Waals surface area (Å²) in [5.74, 6) is -0.805. The van der Waals surface area contributed by atoms with Crippen LogP contribution in [-0.4, -0.2) is 16.7 Å². The highest BCUT2D eigenvalue weighted by Crippen LogP contribution is 2.26. The van der Waals surface area contributed by atoms with Crippen LogP contribution in [0.15, 0.2) is 24.3 Å². The van der Waals surface area contributed by atoms with Crippen molar-refractivity contribution >= 4 is 17.4 Å². The number of rotatable bonds is 5. The smallest absolute Gasteiger partial charge is 0.345 e. The molecule has 0 aliphatic rings. The van der Waals surface area contributed by atoms with E-state index in [1.165, 1.54) is 19.1 Å². The van der Waals surface area contributed by atoms with Gasteiger partial charge in [-0.25, -0.2) is 4.79 Å². The Morgan fingerprint density at radius 1 is 1.04 bits per heavy atom. The van der Waals surface area contributed by atoms with Gasteiger partial charge >= 0.3 is 5.97 Å². The monoisotopic (exact) mass is 355 g/mol. The van der Waals surface area contributed by atoms with Crippen molar-refractivity contribution in [1.29, 1.82) is 0 Å². The number of aryl methyl sites for hydroxylation is 3. The van der Waals surface area contributed by atoms with Crippen LogP contribution in [0.25, 0.3) is 0 Å². The molecule has 0 saturated heterocycles.